The smallest absolute Gasteiger partial charge is 0.258 e. The number of nitro groups is 1. The number of hydrogen-bond acceptors (Lipinski definition) is 6. The summed E-state index contributed by atoms with van der Waals surface area (Å²) in [4.78, 5) is 16.8. The Bertz CT molecular complexity index is 1010. The van der Waals surface area contributed by atoms with E-state index in [2.05, 4.69) is 11.6 Å². The summed E-state index contributed by atoms with van der Waals surface area (Å²) in [6.07, 6.45) is 1.73. The molecule has 0 unspecified atom stereocenters. The summed E-state index contributed by atoms with van der Waals surface area (Å²) in [5, 5.41) is 19.6. The standard InChI is InChI=1S/C18H16N4O2S2/c1-3-10-19-18-21(20-13(2)17-5-4-11-25-17)16(12-26-18)14-6-8-15(9-7-14)22(23)24/h3-9,11-12H,1,10H2,2H3. The summed E-state index contributed by atoms with van der Waals surface area (Å²) in [6, 6.07) is 10.4. The zero-order chi connectivity index (χ0) is 18.5. The zero-order valence-electron chi connectivity index (χ0n) is 14.0. The minimum absolute atomic E-state index is 0.0605. The third-order valence-corrected chi connectivity index (χ3v) is 5.38. The lowest BCUT2D eigenvalue weighted by Gasteiger charge is -2.05. The first-order valence-corrected chi connectivity index (χ1v) is 9.52. The highest BCUT2D eigenvalue weighted by Crippen LogP contribution is 2.23. The van der Waals surface area contributed by atoms with E-state index in [1.165, 1.54) is 23.5 Å². The van der Waals surface area contributed by atoms with Crippen LogP contribution in [0.4, 0.5) is 5.69 Å². The van der Waals surface area contributed by atoms with Crippen LogP contribution in [0.2, 0.25) is 0 Å². The molecule has 2 heterocycles. The zero-order valence-corrected chi connectivity index (χ0v) is 15.7. The Morgan fingerprint density at radius 2 is 2.08 bits per heavy atom. The molecule has 0 aliphatic rings. The van der Waals surface area contributed by atoms with Crippen LogP contribution in [-0.4, -0.2) is 21.9 Å². The third kappa shape index (κ3) is 3.87. The highest BCUT2D eigenvalue weighted by Gasteiger charge is 2.11. The van der Waals surface area contributed by atoms with E-state index in [-0.39, 0.29) is 5.69 Å². The fourth-order valence-electron chi connectivity index (χ4n) is 2.28. The van der Waals surface area contributed by atoms with Crippen molar-refractivity contribution in [1.29, 1.82) is 0 Å². The molecular weight excluding hydrogens is 368 g/mol. The van der Waals surface area contributed by atoms with E-state index in [4.69, 9.17) is 5.10 Å². The van der Waals surface area contributed by atoms with Gasteiger partial charge in [-0.25, -0.2) is 4.68 Å². The van der Waals surface area contributed by atoms with Crippen LogP contribution in [0, 0.1) is 10.1 Å². The Kier molecular flexibility index (Phi) is 5.55. The van der Waals surface area contributed by atoms with Crippen LogP contribution < -0.4 is 4.80 Å². The van der Waals surface area contributed by atoms with Crippen molar-refractivity contribution in [3.8, 4) is 11.3 Å². The SMILES string of the molecule is C=CCN=c1scc(-c2ccc([N+](=O)[O-])cc2)n1N=C(C)c1cccs1. The van der Waals surface area contributed by atoms with E-state index in [0.717, 1.165) is 26.6 Å². The van der Waals surface area contributed by atoms with Crippen LogP contribution >= 0.6 is 22.7 Å². The number of benzene rings is 1. The average molecular weight is 384 g/mol. The number of aromatic nitrogens is 1. The van der Waals surface area contributed by atoms with Gasteiger partial charge >= 0.3 is 0 Å². The van der Waals surface area contributed by atoms with Crippen LogP contribution in [0.1, 0.15) is 11.8 Å². The first-order valence-electron chi connectivity index (χ1n) is 7.76. The first kappa shape index (κ1) is 18.0. The molecule has 0 bridgehead atoms. The Morgan fingerprint density at radius 3 is 2.69 bits per heavy atom. The van der Waals surface area contributed by atoms with Gasteiger partial charge in [0.2, 0.25) is 4.80 Å². The minimum atomic E-state index is -0.407. The van der Waals surface area contributed by atoms with Crippen LogP contribution in [0.15, 0.2) is 69.9 Å². The normalized spacial score (nSPS) is 12.3. The molecule has 26 heavy (non-hydrogen) atoms. The molecule has 3 rings (SSSR count). The Balaban J connectivity index is 2.11. The van der Waals surface area contributed by atoms with E-state index >= 15 is 0 Å². The molecule has 1 aromatic carbocycles. The molecule has 0 saturated heterocycles. The molecule has 8 heteroatoms. The van der Waals surface area contributed by atoms with Crippen LogP contribution in [0.3, 0.4) is 0 Å². The molecule has 2 aromatic heterocycles. The van der Waals surface area contributed by atoms with Gasteiger partial charge < -0.3 is 0 Å². The highest BCUT2D eigenvalue weighted by atomic mass is 32.1. The second kappa shape index (κ2) is 8.03. The number of hydrogen-bond donors (Lipinski definition) is 0. The van der Waals surface area contributed by atoms with Gasteiger partial charge in [-0.1, -0.05) is 12.1 Å². The molecular formula is C18H16N4O2S2. The summed E-state index contributed by atoms with van der Waals surface area (Å²) in [7, 11) is 0. The van der Waals surface area contributed by atoms with Crippen molar-refractivity contribution in [2.24, 2.45) is 10.1 Å². The molecule has 0 atom stereocenters. The van der Waals surface area contributed by atoms with E-state index in [1.807, 2.05) is 29.8 Å². The van der Waals surface area contributed by atoms with Crippen LogP contribution in [0.25, 0.3) is 11.3 Å². The van der Waals surface area contributed by atoms with Gasteiger partial charge in [-0.15, -0.1) is 29.3 Å². The fourth-order valence-corrected chi connectivity index (χ4v) is 3.80. The Labute approximate surface area is 158 Å². The maximum absolute atomic E-state index is 10.9. The lowest BCUT2D eigenvalue weighted by atomic mass is 10.1. The van der Waals surface area contributed by atoms with Crippen LogP contribution in [-0.2, 0) is 0 Å². The quantitative estimate of drug-likeness (QED) is 0.271. The summed E-state index contributed by atoms with van der Waals surface area (Å²) in [5.74, 6) is 0. The summed E-state index contributed by atoms with van der Waals surface area (Å²) >= 11 is 3.09. The van der Waals surface area contributed by atoms with Crippen molar-refractivity contribution in [2.45, 2.75) is 6.92 Å². The Morgan fingerprint density at radius 1 is 1.31 bits per heavy atom. The van der Waals surface area contributed by atoms with Gasteiger partial charge in [0.25, 0.3) is 5.69 Å². The van der Waals surface area contributed by atoms with E-state index < -0.39 is 4.92 Å². The summed E-state index contributed by atoms with van der Waals surface area (Å²) in [5.41, 5.74) is 2.62. The molecule has 6 nitrogen and oxygen atoms in total. The number of thiazole rings is 1. The second-order valence-corrected chi connectivity index (χ2v) is 7.10. The van der Waals surface area contributed by atoms with E-state index in [9.17, 15) is 10.1 Å². The summed E-state index contributed by atoms with van der Waals surface area (Å²) in [6.45, 7) is 6.15. The predicted octanol–water partition coefficient (Wildman–Crippen LogP) is 4.55. The van der Waals surface area contributed by atoms with Gasteiger partial charge in [0.15, 0.2) is 0 Å². The maximum atomic E-state index is 10.9. The largest absolute Gasteiger partial charge is 0.269 e. The Hall–Kier alpha value is -2.84. The predicted molar refractivity (Wildman–Crippen MR) is 107 cm³/mol. The van der Waals surface area contributed by atoms with Gasteiger partial charge in [-0.2, -0.15) is 5.10 Å². The van der Waals surface area contributed by atoms with Crippen molar-refractivity contribution in [3.63, 3.8) is 0 Å². The van der Waals surface area contributed by atoms with E-state index in [0.29, 0.717) is 6.54 Å². The lowest BCUT2D eigenvalue weighted by molar-refractivity contribution is -0.384. The third-order valence-electron chi connectivity index (χ3n) is 3.54. The second-order valence-electron chi connectivity index (χ2n) is 5.31. The topological polar surface area (TPSA) is 72.8 Å². The molecule has 132 valence electrons. The highest BCUT2D eigenvalue weighted by molar-refractivity contribution is 7.12. The van der Waals surface area contributed by atoms with Crippen molar-refractivity contribution in [3.05, 3.63) is 79.6 Å². The molecule has 0 N–H and O–H groups in total. The van der Waals surface area contributed by atoms with Gasteiger partial charge in [-0.3, -0.25) is 15.1 Å². The van der Waals surface area contributed by atoms with Gasteiger partial charge in [-0.05, 0) is 30.5 Å². The molecule has 0 fully saturated rings. The summed E-state index contributed by atoms with van der Waals surface area (Å²) < 4.78 is 1.78. The molecule has 0 aliphatic carbocycles. The number of non-ortho nitro benzene ring substituents is 1. The molecule has 0 saturated carbocycles. The van der Waals surface area contributed by atoms with Gasteiger partial charge in [0.1, 0.15) is 0 Å². The molecule has 3 aromatic rings. The minimum Gasteiger partial charge on any atom is -0.258 e. The fraction of sp³-hybridized carbons (Fsp3) is 0.111. The maximum Gasteiger partial charge on any atom is 0.269 e. The number of nitro benzene ring substituents is 1. The molecule has 0 radical (unpaired) electrons. The van der Waals surface area contributed by atoms with Gasteiger partial charge in [0, 0.05) is 23.1 Å². The van der Waals surface area contributed by atoms with Crippen molar-refractivity contribution >= 4 is 34.1 Å². The van der Waals surface area contributed by atoms with E-state index in [1.54, 1.807) is 34.2 Å². The molecule has 0 spiro atoms. The number of rotatable bonds is 6. The van der Waals surface area contributed by atoms with Crippen LogP contribution in [0.5, 0.6) is 0 Å². The average Bonchev–Trinajstić information content (AvgIpc) is 3.30. The van der Waals surface area contributed by atoms with Crippen molar-refractivity contribution in [2.75, 3.05) is 6.54 Å². The lowest BCUT2D eigenvalue weighted by Crippen LogP contribution is -2.14. The number of nitrogens with zero attached hydrogens (tertiary/aromatic N) is 4. The monoisotopic (exact) mass is 384 g/mol. The van der Waals surface area contributed by atoms with Crippen molar-refractivity contribution < 1.29 is 4.92 Å². The van der Waals surface area contributed by atoms with Gasteiger partial charge in [0.05, 0.1) is 27.8 Å². The van der Waals surface area contributed by atoms with Crippen molar-refractivity contribution in [1.82, 2.24) is 4.68 Å². The molecule has 0 aliphatic heterocycles. The first-order chi connectivity index (χ1) is 12.6. The number of thiophene rings is 1. The molecule has 0 amide bonds.